The lowest BCUT2D eigenvalue weighted by atomic mass is 9.97. The number of alkyl halides is 1. The van der Waals surface area contributed by atoms with Crippen LogP contribution in [-0.2, 0) is 11.2 Å². The monoisotopic (exact) mass is 367 g/mol. The van der Waals surface area contributed by atoms with E-state index in [4.69, 9.17) is 11.6 Å². The maximum atomic E-state index is 13.3. The first-order chi connectivity index (χ1) is 10.0. The lowest BCUT2D eigenvalue weighted by Crippen LogP contribution is -2.19. The second kappa shape index (κ2) is 5.78. The molecule has 108 valence electrons. The van der Waals surface area contributed by atoms with Crippen LogP contribution in [0.3, 0.4) is 0 Å². The number of benzene rings is 2. The van der Waals surface area contributed by atoms with Gasteiger partial charge < -0.3 is 5.32 Å². The van der Waals surface area contributed by atoms with Crippen LogP contribution in [0.4, 0.5) is 10.1 Å². The Bertz CT molecular complexity index is 719. The van der Waals surface area contributed by atoms with Crippen molar-refractivity contribution in [2.75, 3.05) is 5.32 Å². The van der Waals surface area contributed by atoms with Crippen molar-refractivity contribution in [3.63, 3.8) is 0 Å². The highest BCUT2D eigenvalue weighted by Crippen LogP contribution is 2.34. The summed E-state index contributed by atoms with van der Waals surface area (Å²) in [7, 11) is 0. The normalized spacial score (nSPS) is 15.3. The van der Waals surface area contributed by atoms with Crippen LogP contribution in [0.5, 0.6) is 0 Å². The van der Waals surface area contributed by atoms with E-state index in [2.05, 4.69) is 21.2 Å². The molecule has 1 aliphatic heterocycles. The van der Waals surface area contributed by atoms with E-state index in [-0.39, 0.29) is 17.1 Å². The number of hydrogen-bond acceptors (Lipinski definition) is 1. The van der Waals surface area contributed by atoms with Crippen LogP contribution in [-0.4, -0.2) is 5.91 Å². The molecule has 3 rings (SSSR count). The van der Waals surface area contributed by atoms with E-state index in [9.17, 15) is 9.18 Å². The van der Waals surface area contributed by atoms with Gasteiger partial charge in [0.15, 0.2) is 0 Å². The van der Waals surface area contributed by atoms with Gasteiger partial charge in [-0.2, -0.15) is 0 Å². The number of halogens is 3. The van der Waals surface area contributed by atoms with E-state index in [1.807, 2.05) is 18.2 Å². The third-order valence-electron chi connectivity index (χ3n) is 3.55. The lowest BCUT2D eigenvalue weighted by Gasteiger charge is -2.19. The van der Waals surface area contributed by atoms with Crippen molar-refractivity contribution in [3.8, 4) is 0 Å². The topological polar surface area (TPSA) is 29.1 Å². The van der Waals surface area contributed by atoms with E-state index < -0.39 is 0 Å². The Balaban J connectivity index is 1.93. The first-order valence-corrected chi connectivity index (χ1v) is 7.79. The van der Waals surface area contributed by atoms with E-state index in [0.29, 0.717) is 17.3 Å². The number of amides is 1. The molecule has 1 aliphatic rings. The molecule has 2 nitrogen and oxygen atoms in total. The minimum Gasteiger partial charge on any atom is -0.326 e. The summed E-state index contributed by atoms with van der Waals surface area (Å²) in [4.78, 5) is 11.4. The fourth-order valence-corrected chi connectivity index (χ4v) is 3.09. The average Bonchev–Trinajstić information content (AvgIpc) is 2.49. The van der Waals surface area contributed by atoms with Gasteiger partial charge in [-0.1, -0.05) is 18.2 Å². The highest BCUT2D eigenvalue weighted by atomic mass is 79.9. The smallest absolute Gasteiger partial charge is 0.224 e. The lowest BCUT2D eigenvalue weighted by molar-refractivity contribution is -0.116. The number of fused-ring (bicyclic) bond motifs is 1. The molecule has 0 aromatic heterocycles. The fraction of sp³-hybridized carbons (Fsp3) is 0.188. The zero-order valence-electron chi connectivity index (χ0n) is 11.0. The zero-order chi connectivity index (χ0) is 15.0. The van der Waals surface area contributed by atoms with E-state index >= 15 is 0 Å². The molecule has 1 N–H and O–H groups in total. The number of hydrogen-bond donors (Lipinski definition) is 1. The van der Waals surface area contributed by atoms with E-state index in [0.717, 1.165) is 22.4 Å². The molecule has 0 radical (unpaired) electrons. The Morgan fingerprint density at radius 1 is 1.14 bits per heavy atom. The van der Waals surface area contributed by atoms with Crippen LogP contribution >= 0.6 is 27.5 Å². The maximum absolute atomic E-state index is 13.3. The van der Waals surface area contributed by atoms with Crippen molar-refractivity contribution in [1.29, 1.82) is 0 Å². The predicted octanol–water partition coefficient (Wildman–Crippen LogP) is 4.80. The minimum absolute atomic E-state index is 0.0418. The third kappa shape index (κ3) is 2.97. The molecule has 0 aliphatic carbocycles. The molecule has 1 atom stereocenters. The quantitative estimate of drug-likeness (QED) is 0.758. The summed E-state index contributed by atoms with van der Waals surface area (Å²) in [6, 6.07) is 10.5. The van der Waals surface area contributed by atoms with Gasteiger partial charge in [0.1, 0.15) is 5.82 Å². The Hall–Kier alpha value is -1.39. The van der Waals surface area contributed by atoms with Crippen LogP contribution < -0.4 is 5.32 Å². The predicted molar refractivity (Wildman–Crippen MR) is 85.2 cm³/mol. The summed E-state index contributed by atoms with van der Waals surface area (Å²) in [5.74, 6) is -0.268. The Labute approximate surface area is 135 Å². The molecule has 0 saturated heterocycles. The number of aryl methyl sites for hydroxylation is 1. The van der Waals surface area contributed by atoms with Crippen LogP contribution in [0, 0.1) is 5.82 Å². The number of anilines is 1. The first-order valence-electron chi connectivity index (χ1n) is 6.56. The minimum atomic E-state index is -0.357. The molecule has 0 fully saturated rings. The second-order valence-corrected chi connectivity index (χ2v) is 6.29. The summed E-state index contributed by atoms with van der Waals surface area (Å²) in [5.41, 5.74) is 3.69. The van der Waals surface area contributed by atoms with Crippen LogP contribution in [0.15, 0.2) is 40.9 Å². The van der Waals surface area contributed by atoms with Crippen LogP contribution in [0.1, 0.15) is 28.5 Å². The van der Waals surface area contributed by atoms with Crippen molar-refractivity contribution < 1.29 is 9.18 Å². The van der Waals surface area contributed by atoms with Crippen LogP contribution in [0.2, 0.25) is 0 Å². The Morgan fingerprint density at radius 2 is 1.86 bits per heavy atom. The molecule has 0 spiro atoms. The third-order valence-corrected chi connectivity index (χ3v) is 4.67. The summed E-state index contributed by atoms with van der Waals surface area (Å²) in [5, 5.41) is 2.49. The molecule has 5 heteroatoms. The van der Waals surface area contributed by atoms with Crippen LogP contribution in [0.25, 0.3) is 0 Å². The van der Waals surface area contributed by atoms with Crippen molar-refractivity contribution in [2.24, 2.45) is 0 Å². The Morgan fingerprint density at radius 3 is 2.62 bits per heavy atom. The van der Waals surface area contributed by atoms with Gasteiger partial charge >= 0.3 is 0 Å². The molecular weight excluding hydrogens is 357 g/mol. The van der Waals surface area contributed by atoms with Gasteiger partial charge in [-0.05, 0) is 57.2 Å². The molecule has 0 bridgehead atoms. The van der Waals surface area contributed by atoms with Gasteiger partial charge in [0.2, 0.25) is 5.91 Å². The number of nitrogens with one attached hydrogen (secondary N) is 1. The molecule has 21 heavy (non-hydrogen) atoms. The van der Waals surface area contributed by atoms with Gasteiger partial charge in [-0.25, -0.2) is 4.39 Å². The SMILES string of the molecule is O=C1CCc2cc(C(Cl)c3ccc(F)c(Br)c3)ccc2N1. The summed E-state index contributed by atoms with van der Waals surface area (Å²) < 4.78 is 13.7. The zero-order valence-corrected chi connectivity index (χ0v) is 13.3. The molecule has 1 heterocycles. The fourth-order valence-electron chi connectivity index (χ4n) is 2.42. The van der Waals surface area contributed by atoms with Gasteiger partial charge in [0.05, 0.1) is 9.85 Å². The van der Waals surface area contributed by atoms with Gasteiger partial charge in [0.25, 0.3) is 0 Å². The Kier molecular flexibility index (Phi) is 4.00. The van der Waals surface area contributed by atoms with Crippen molar-refractivity contribution >= 4 is 39.1 Å². The first kappa shape index (κ1) is 14.5. The van der Waals surface area contributed by atoms with E-state index in [1.54, 1.807) is 12.1 Å². The molecule has 1 amide bonds. The average molecular weight is 369 g/mol. The summed E-state index contributed by atoms with van der Waals surface area (Å²) in [6.45, 7) is 0. The molecule has 2 aromatic carbocycles. The second-order valence-electron chi connectivity index (χ2n) is 5.00. The molecular formula is C16H12BrClFNO. The van der Waals surface area contributed by atoms with Crippen molar-refractivity contribution in [2.45, 2.75) is 18.2 Å². The number of rotatable bonds is 2. The molecule has 2 aromatic rings. The van der Waals surface area contributed by atoms with Gasteiger partial charge in [-0.15, -0.1) is 11.6 Å². The van der Waals surface area contributed by atoms with E-state index in [1.165, 1.54) is 6.07 Å². The van der Waals surface area contributed by atoms with Crippen molar-refractivity contribution in [3.05, 3.63) is 63.4 Å². The number of carbonyl (C=O) groups excluding carboxylic acids is 1. The standard InChI is InChI=1S/C16H12BrClFNO/c17-12-8-11(1-4-13(12)19)16(18)10-2-5-14-9(7-10)3-6-15(21)20-14/h1-2,4-5,7-8,16H,3,6H2,(H,20,21). The maximum Gasteiger partial charge on any atom is 0.224 e. The van der Waals surface area contributed by atoms with Gasteiger partial charge in [0, 0.05) is 12.1 Å². The number of carbonyl (C=O) groups is 1. The summed E-state index contributed by atoms with van der Waals surface area (Å²) >= 11 is 9.67. The highest BCUT2D eigenvalue weighted by molar-refractivity contribution is 9.10. The summed E-state index contributed by atoms with van der Waals surface area (Å²) in [6.07, 6.45) is 1.21. The van der Waals surface area contributed by atoms with Gasteiger partial charge in [-0.3, -0.25) is 4.79 Å². The highest BCUT2D eigenvalue weighted by Gasteiger charge is 2.18. The molecule has 1 unspecified atom stereocenters. The van der Waals surface area contributed by atoms with Crippen molar-refractivity contribution in [1.82, 2.24) is 0 Å². The largest absolute Gasteiger partial charge is 0.326 e. The molecule has 0 saturated carbocycles.